The minimum absolute atomic E-state index is 0.0632. The van der Waals surface area contributed by atoms with Crippen molar-refractivity contribution in [2.45, 2.75) is 50.7 Å². The lowest BCUT2D eigenvalue weighted by Gasteiger charge is -2.29. The molecule has 0 saturated carbocycles. The highest BCUT2D eigenvalue weighted by atomic mass is 19.4. The van der Waals surface area contributed by atoms with Gasteiger partial charge in [-0.15, -0.1) is 0 Å². The first-order chi connectivity index (χ1) is 16.3. The molecule has 9 heteroatoms. The van der Waals surface area contributed by atoms with Gasteiger partial charge in [0.15, 0.2) is 0 Å². The van der Waals surface area contributed by atoms with Gasteiger partial charge in [-0.1, -0.05) is 36.4 Å². The maximum Gasteiger partial charge on any atom is 0.490 e. The summed E-state index contributed by atoms with van der Waals surface area (Å²) in [7, 11) is 0. The lowest BCUT2D eigenvalue weighted by molar-refractivity contribution is -0.192. The molecule has 4 N–H and O–H groups in total. The Morgan fingerprint density at radius 3 is 2.26 bits per heavy atom. The fourth-order valence-corrected chi connectivity index (χ4v) is 4.22. The third-order valence-corrected chi connectivity index (χ3v) is 5.84. The van der Waals surface area contributed by atoms with E-state index >= 15 is 0 Å². The van der Waals surface area contributed by atoms with Crippen LogP contribution in [0, 0.1) is 0 Å². The standard InChI is InChI=1S/C24H29N3O.C2HF3O2/c1-23(2,3)27-22(28)21-14-18-13-19(9-10-20(18)26-21)24(11-12-25-16-24)15-17-7-5-4-6-8-17;3-2(4,5)1(6)7/h4-10,13-14,25-26H,11-12,15-16H2,1-3H3,(H,27,28);(H,6,7). The van der Waals surface area contributed by atoms with Crippen LogP contribution in [0.4, 0.5) is 13.2 Å². The maximum atomic E-state index is 12.5. The number of carbonyl (C=O) groups is 2. The Balaban J connectivity index is 0.000000429. The molecular formula is C26H30F3N3O3. The SMILES string of the molecule is CC(C)(C)NC(=O)c1cc2cc(C3(Cc4ccccc4)CCNC3)ccc2[nH]1.O=C(O)C(F)(F)F. The molecule has 1 unspecified atom stereocenters. The summed E-state index contributed by atoms with van der Waals surface area (Å²) >= 11 is 0. The summed E-state index contributed by atoms with van der Waals surface area (Å²) in [4.78, 5) is 24.7. The highest BCUT2D eigenvalue weighted by Crippen LogP contribution is 2.36. The van der Waals surface area contributed by atoms with Crippen molar-refractivity contribution < 1.29 is 27.9 Å². The summed E-state index contributed by atoms with van der Waals surface area (Å²) < 4.78 is 31.7. The second-order valence-corrected chi connectivity index (χ2v) is 9.86. The first-order valence-corrected chi connectivity index (χ1v) is 11.3. The molecule has 1 atom stereocenters. The highest BCUT2D eigenvalue weighted by molar-refractivity contribution is 5.98. The van der Waals surface area contributed by atoms with Crippen LogP contribution in [0.25, 0.3) is 10.9 Å². The molecule has 2 aromatic carbocycles. The second kappa shape index (κ2) is 10.1. The fraction of sp³-hybridized carbons (Fsp3) is 0.385. The minimum Gasteiger partial charge on any atom is -0.475 e. The summed E-state index contributed by atoms with van der Waals surface area (Å²) in [5, 5.41) is 14.8. The van der Waals surface area contributed by atoms with Crippen LogP contribution in [0.5, 0.6) is 0 Å². The van der Waals surface area contributed by atoms with Gasteiger partial charge in [-0.25, -0.2) is 4.79 Å². The number of aromatic nitrogens is 1. The lowest BCUT2D eigenvalue weighted by atomic mass is 9.74. The third kappa shape index (κ3) is 6.85. The molecule has 35 heavy (non-hydrogen) atoms. The number of fused-ring (bicyclic) bond motifs is 1. The number of amides is 1. The molecule has 1 aromatic heterocycles. The van der Waals surface area contributed by atoms with Crippen molar-refractivity contribution >= 4 is 22.8 Å². The molecule has 1 saturated heterocycles. The van der Waals surface area contributed by atoms with Crippen LogP contribution in [0.15, 0.2) is 54.6 Å². The molecule has 0 bridgehead atoms. The van der Waals surface area contributed by atoms with Gasteiger partial charge in [0, 0.05) is 28.4 Å². The van der Waals surface area contributed by atoms with E-state index in [1.54, 1.807) is 0 Å². The zero-order valence-electron chi connectivity index (χ0n) is 19.9. The number of alkyl halides is 3. The maximum absolute atomic E-state index is 12.5. The van der Waals surface area contributed by atoms with E-state index in [2.05, 4.69) is 64.1 Å². The van der Waals surface area contributed by atoms with Crippen LogP contribution >= 0.6 is 0 Å². The van der Waals surface area contributed by atoms with Gasteiger partial charge in [0.2, 0.25) is 0 Å². The Morgan fingerprint density at radius 1 is 1.06 bits per heavy atom. The van der Waals surface area contributed by atoms with Crippen LogP contribution in [-0.2, 0) is 16.6 Å². The number of hydrogen-bond acceptors (Lipinski definition) is 3. The average molecular weight is 490 g/mol. The van der Waals surface area contributed by atoms with Gasteiger partial charge >= 0.3 is 12.1 Å². The Bertz CT molecular complexity index is 1180. The van der Waals surface area contributed by atoms with E-state index in [9.17, 15) is 18.0 Å². The molecule has 0 radical (unpaired) electrons. The fourth-order valence-electron chi connectivity index (χ4n) is 4.22. The van der Waals surface area contributed by atoms with Crippen molar-refractivity contribution in [1.82, 2.24) is 15.6 Å². The topological polar surface area (TPSA) is 94.2 Å². The average Bonchev–Trinajstić information content (AvgIpc) is 3.40. The van der Waals surface area contributed by atoms with Crippen molar-refractivity contribution in [2.24, 2.45) is 0 Å². The van der Waals surface area contributed by atoms with Crippen molar-refractivity contribution in [3.63, 3.8) is 0 Å². The normalized spacial score (nSPS) is 18.1. The molecule has 188 valence electrons. The number of aromatic amines is 1. The van der Waals surface area contributed by atoms with Crippen LogP contribution < -0.4 is 10.6 Å². The van der Waals surface area contributed by atoms with Gasteiger partial charge in [0.25, 0.3) is 5.91 Å². The number of nitrogens with one attached hydrogen (secondary N) is 3. The summed E-state index contributed by atoms with van der Waals surface area (Å²) in [6.07, 6.45) is -2.94. The van der Waals surface area contributed by atoms with E-state index in [0.717, 1.165) is 36.8 Å². The number of hydrogen-bond donors (Lipinski definition) is 4. The van der Waals surface area contributed by atoms with E-state index in [4.69, 9.17) is 9.90 Å². The molecule has 1 fully saturated rings. The zero-order chi connectivity index (χ0) is 25.9. The van der Waals surface area contributed by atoms with E-state index in [1.165, 1.54) is 11.1 Å². The predicted octanol–water partition coefficient (Wildman–Crippen LogP) is 4.80. The van der Waals surface area contributed by atoms with Crippen LogP contribution in [0.2, 0.25) is 0 Å². The number of rotatable bonds is 4. The number of H-pyrrole nitrogens is 1. The molecule has 3 aromatic rings. The summed E-state index contributed by atoms with van der Waals surface area (Å²) in [6, 6.07) is 19.3. The molecule has 0 aliphatic carbocycles. The quantitative estimate of drug-likeness (QED) is 0.423. The lowest BCUT2D eigenvalue weighted by Crippen LogP contribution is -2.40. The largest absolute Gasteiger partial charge is 0.490 e. The zero-order valence-corrected chi connectivity index (χ0v) is 19.9. The van der Waals surface area contributed by atoms with Gasteiger partial charge in [-0.3, -0.25) is 4.79 Å². The molecule has 1 aliphatic rings. The van der Waals surface area contributed by atoms with Crippen molar-refractivity contribution in [3.05, 3.63) is 71.4 Å². The number of halogens is 3. The van der Waals surface area contributed by atoms with Crippen molar-refractivity contribution in [1.29, 1.82) is 0 Å². The first-order valence-electron chi connectivity index (χ1n) is 11.3. The van der Waals surface area contributed by atoms with E-state index in [0.29, 0.717) is 5.69 Å². The molecule has 1 amide bonds. The number of carboxylic acids is 1. The molecule has 0 spiro atoms. The highest BCUT2D eigenvalue weighted by Gasteiger charge is 2.38. The Hall–Kier alpha value is -3.33. The number of aliphatic carboxylic acids is 1. The number of carboxylic acid groups (broad SMARTS) is 1. The summed E-state index contributed by atoms with van der Waals surface area (Å²) in [6.45, 7) is 8.00. The smallest absolute Gasteiger partial charge is 0.475 e. The number of carbonyl (C=O) groups excluding carboxylic acids is 1. The van der Waals surface area contributed by atoms with E-state index in [1.807, 2.05) is 26.8 Å². The minimum atomic E-state index is -5.08. The van der Waals surface area contributed by atoms with E-state index < -0.39 is 12.1 Å². The van der Waals surface area contributed by atoms with Crippen LogP contribution in [0.1, 0.15) is 48.8 Å². The molecule has 6 nitrogen and oxygen atoms in total. The van der Waals surface area contributed by atoms with Gasteiger partial charge in [0.1, 0.15) is 5.69 Å². The van der Waals surface area contributed by atoms with Crippen LogP contribution in [0.3, 0.4) is 0 Å². The second-order valence-electron chi connectivity index (χ2n) is 9.86. The number of benzene rings is 2. The van der Waals surface area contributed by atoms with Gasteiger partial charge in [-0.2, -0.15) is 13.2 Å². The molecule has 1 aliphatic heterocycles. The van der Waals surface area contributed by atoms with Crippen molar-refractivity contribution in [3.8, 4) is 0 Å². The molecule has 4 rings (SSSR count). The van der Waals surface area contributed by atoms with Crippen molar-refractivity contribution in [2.75, 3.05) is 13.1 Å². The van der Waals surface area contributed by atoms with Crippen LogP contribution in [-0.4, -0.2) is 46.8 Å². The summed E-state index contributed by atoms with van der Waals surface area (Å²) in [5.41, 5.74) is 4.17. The Kier molecular flexibility index (Phi) is 7.59. The first kappa shape index (κ1) is 26.3. The molecule has 2 heterocycles. The predicted molar refractivity (Wildman–Crippen MR) is 129 cm³/mol. The van der Waals surface area contributed by atoms with E-state index in [-0.39, 0.29) is 16.9 Å². The Morgan fingerprint density at radius 2 is 1.71 bits per heavy atom. The third-order valence-electron chi connectivity index (χ3n) is 5.84. The monoisotopic (exact) mass is 489 g/mol. The Labute approximate surface area is 201 Å². The molecular weight excluding hydrogens is 459 g/mol. The van der Waals surface area contributed by atoms with Gasteiger partial charge in [-0.05, 0) is 69.5 Å². The van der Waals surface area contributed by atoms with Gasteiger partial charge < -0.3 is 20.7 Å². The summed E-state index contributed by atoms with van der Waals surface area (Å²) in [5.74, 6) is -2.82. The van der Waals surface area contributed by atoms with Gasteiger partial charge in [0.05, 0.1) is 0 Å².